The number of carbonyl (C=O) groups is 1. The van der Waals surface area contributed by atoms with Crippen LogP contribution in [0.25, 0.3) is 10.8 Å². The summed E-state index contributed by atoms with van der Waals surface area (Å²) in [7, 11) is 0. The average Bonchev–Trinajstić information content (AvgIpc) is 2.91. The lowest BCUT2D eigenvalue weighted by atomic mass is 9.91. The molecule has 4 rings (SSSR count). The van der Waals surface area contributed by atoms with Crippen LogP contribution in [0.4, 0.5) is 0 Å². The monoisotopic (exact) mass is 315 g/mol. The van der Waals surface area contributed by atoms with Gasteiger partial charge in [-0.25, -0.2) is 9.79 Å². The van der Waals surface area contributed by atoms with E-state index in [-0.39, 0.29) is 5.97 Å². The maximum absolute atomic E-state index is 12.5. The smallest absolute Gasteiger partial charge is 0.340 e. The van der Waals surface area contributed by atoms with E-state index in [4.69, 9.17) is 4.74 Å². The van der Waals surface area contributed by atoms with Crippen LogP contribution in [0.5, 0.6) is 0 Å². The first-order valence-corrected chi connectivity index (χ1v) is 8.00. The molecule has 0 aliphatic carbocycles. The fraction of sp³-hybridized carbons (Fsp3) is 0.143. The van der Waals surface area contributed by atoms with Crippen molar-refractivity contribution in [3.05, 3.63) is 83.9 Å². The lowest BCUT2D eigenvalue weighted by Crippen LogP contribution is -2.32. The molecule has 0 N–H and O–H groups in total. The summed E-state index contributed by atoms with van der Waals surface area (Å²) < 4.78 is 5.46. The molecule has 3 nitrogen and oxygen atoms in total. The number of aliphatic imine (C=N–C) groups is 1. The van der Waals surface area contributed by atoms with E-state index in [9.17, 15) is 4.79 Å². The molecule has 0 bridgehead atoms. The van der Waals surface area contributed by atoms with E-state index in [0.717, 1.165) is 21.9 Å². The van der Waals surface area contributed by atoms with Gasteiger partial charge in [0, 0.05) is 12.0 Å². The Morgan fingerprint density at radius 1 is 0.917 bits per heavy atom. The molecule has 0 saturated heterocycles. The molecular formula is C21H17NO2. The van der Waals surface area contributed by atoms with Gasteiger partial charge in [0.25, 0.3) is 0 Å². The lowest BCUT2D eigenvalue weighted by Gasteiger charge is -2.17. The zero-order chi connectivity index (χ0) is 16.6. The normalized spacial score (nSPS) is 20.0. The number of hydrogen-bond acceptors (Lipinski definition) is 3. The minimum atomic E-state index is -0.894. The second kappa shape index (κ2) is 5.60. The van der Waals surface area contributed by atoms with E-state index in [0.29, 0.717) is 12.3 Å². The van der Waals surface area contributed by atoms with Crippen LogP contribution >= 0.6 is 0 Å². The largest absolute Gasteiger partial charge is 0.405 e. The predicted octanol–water partition coefficient (Wildman–Crippen LogP) is 4.14. The maximum Gasteiger partial charge on any atom is 0.340 e. The molecule has 0 fully saturated rings. The molecule has 1 atom stereocenters. The van der Waals surface area contributed by atoms with Gasteiger partial charge in [0.05, 0.1) is 0 Å². The summed E-state index contributed by atoms with van der Waals surface area (Å²) in [6, 6.07) is 23.9. The van der Waals surface area contributed by atoms with Crippen LogP contribution in [0, 0.1) is 0 Å². The third-order valence-electron chi connectivity index (χ3n) is 4.41. The zero-order valence-electron chi connectivity index (χ0n) is 13.4. The fourth-order valence-electron chi connectivity index (χ4n) is 3.12. The van der Waals surface area contributed by atoms with E-state index >= 15 is 0 Å². The fourth-order valence-corrected chi connectivity index (χ4v) is 3.12. The second-order valence-electron chi connectivity index (χ2n) is 6.26. The van der Waals surface area contributed by atoms with Crippen molar-refractivity contribution in [3.8, 4) is 0 Å². The first kappa shape index (κ1) is 14.6. The van der Waals surface area contributed by atoms with Gasteiger partial charge in [-0.05, 0) is 35.4 Å². The molecule has 0 aromatic heterocycles. The van der Waals surface area contributed by atoms with E-state index in [2.05, 4.69) is 29.3 Å². The van der Waals surface area contributed by atoms with Crippen LogP contribution < -0.4 is 0 Å². The molecule has 0 unspecified atom stereocenters. The summed E-state index contributed by atoms with van der Waals surface area (Å²) in [4.78, 5) is 17.1. The molecule has 0 radical (unpaired) electrons. The zero-order valence-corrected chi connectivity index (χ0v) is 13.4. The molecular weight excluding hydrogens is 298 g/mol. The molecule has 0 spiro atoms. The number of rotatable bonds is 3. The van der Waals surface area contributed by atoms with E-state index < -0.39 is 5.54 Å². The van der Waals surface area contributed by atoms with Gasteiger partial charge in [-0.15, -0.1) is 0 Å². The van der Waals surface area contributed by atoms with Crippen molar-refractivity contribution in [1.29, 1.82) is 0 Å². The van der Waals surface area contributed by atoms with Gasteiger partial charge in [-0.3, -0.25) is 0 Å². The topological polar surface area (TPSA) is 38.7 Å². The number of carbonyl (C=O) groups excluding carboxylic acids is 1. The highest BCUT2D eigenvalue weighted by Gasteiger charge is 2.42. The van der Waals surface area contributed by atoms with Crippen LogP contribution in [0.1, 0.15) is 18.1 Å². The van der Waals surface area contributed by atoms with E-state index in [1.807, 2.05) is 55.5 Å². The summed E-state index contributed by atoms with van der Waals surface area (Å²) in [6.45, 7) is 1.84. The standard InChI is InChI=1S/C21H17NO2/c1-21(14-17-12-7-11-15-8-5-6-13-18(15)17)20(23)24-19(22-21)16-9-3-2-4-10-16/h2-13H,14H2,1H3/t21-/m0/s1. The van der Waals surface area contributed by atoms with Gasteiger partial charge < -0.3 is 4.74 Å². The minimum Gasteiger partial charge on any atom is -0.405 e. The quantitative estimate of drug-likeness (QED) is 0.681. The Kier molecular flexibility index (Phi) is 3.42. The van der Waals surface area contributed by atoms with Gasteiger partial charge in [0.1, 0.15) is 0 Å². The van der Waals surface area contributed by atoms with Crippen LogP contribution in [0.15, 0.2) is 77.8 Å². The van der Waals surface area contributed by atoms with Crippen molar-refractivity contribution in [1.82, 2.24) is 0 Å². The third kappa shape index (κ3) is 2.48. The molecule has 118 valence electrons. The molecule has 1 aliphatic rings. The number of nitrogens with zero attached hydrogens (tertiary/aromatic N) is 1. The third-order valence-corrected chi connectivity index (χ3v) is 4.41. The van der Waals surface area contributed by atoms with Crippen molar-refractivity contribution in [2.24, 2.45) is 4.99 Å². The number of fused-ring (bicyclic) bond motifs is 1. The Morgan fingerprint density at radius 2 is 1.62 bits per heavy atom. The predicted molar refractivity (Wildman–Crippen MR) is 95.1 cm³/mol. The van der Waals surface area contributed by atoms with Crippen LogP contribution in [0.2, 0.25) is 0 Å². The van der Waals surface area contributed by atoms with Crippen LogP contribution in [-0.4, -0.2) is 17.4 Å². The number of cyclic esters (lactones) is 1. The molecule has 24 heavy (non-hydrogen) atoms. The average molecular weight is 315 g/mol. The Morgan fingerprint density at radius 3 is 2.46 bits per heavy atom. The Bertz CT molecular complexity index is 941. The molecule has 3 aromatic carbocycles. The molecule has 3 aromatic rings. The van der Waals surface area contributed by atoms with Gasteiger partial charge >= 0.3 is 5.97 Å². The van der Waals surface area contributed by atoms with Crippen molar-refractivity contribution < 1.29 is 9.53 Å². The van der Waals surface area contributed by atoms with Crippen LogP contribution in [0.3, 0.4) is 0 Å². The van der Waals surface area contributed by atoms with Crippen molar-refractivity contribution in [2.45, 2.75) is 18.9 Å². The van der Waals surface area contributed by atoms with Gasteiger partial charge in [0.15, 0.2) is 5.54 Å². The molecule has 3 heteroatoms. The van der Waals surface area contributed by atoms with Gasteiger partial charge in [-0.1, -0.05) is 60.7 Å². The summed E-state index contributed by atoms with van der Waals surface area (Å²) in [5.41, 5.74) is 1.04. The minimum absolute atomic E-state index is 0.297. The highest BCUT2D eigenvalue weighted by molar-refractivity contribution is 6.08. The summed E-state index contributed by atoms with van der Waals surface area (Å²) in [6.07, 6.45) is 0.517. The van der Waals surface area contributed by atoms with Crippen molar-refractivity contribution in [2.75, 3.05) is 0 Å². The molecule has 1 heterocycles. The molecule has 0 saturated carbocycles. The number of ether oxygens (including phenoxy) is 1. The summed E-state index contributed by atoms with van der Waals surface area (Å²) in [5.74, 6) is 0.109. The van der Waals surface area contributed by atoms with E-state index in [1.54, 1.807) is 0 Å². The second-order valence-corrected chi connectivity index (χ2v) is 6.26. The first-order chi connectivity index (χ1) is 11.7. The highest BCUT2D eigenvalue weighted by Crippen LogP contribution is 2.30. The Labute approximate surface area is 140 Å². The first-order valence-electron chi connectivity index (χ1n) is 8.00. The summed E-state index contributed by atoms with van der Waals surface area (Å²) in [5, 5.41) is 2.31. The Balaban J connectivity index is 1.72. The molecule has 0 amide bonds. The van der Waals surface area contributed by atoms with Crippen molar-refractivity contribution >= 4 is 22.6 Å². The van der Waals surface area contributed by atoms with Gasteiger partial charge in [0.2, 0.25) is 5.90 Å². The number of benzene rings is 3. The number of esters is 1. The molecule has 1 aliphatic heterocycles. The number of hydrogen-bond donors (Lipinski definition) is 0. The van der Waals surface area contributed by atoms with Crippen LogP contribution in [-0.2, 0) is 16.0 Å². The lowest BCUT2D eigenvalue weighted by molar-refractivity contribution is -0.138. The SMILES string of the molecule is C[C@@]1(Cc2cccc3ccccc23)N=C(c2ccccc2)OC1=O. The summed E-state index contributed by atoms with van der Waals surface area (Å²) >= 11 is 0. The maximum atomic E-state index is 12.5. The van der Waals surface area contributed by atoms with Crippen molar-refractivity contribution in [3.63, 3.8) is 0 Å². The highest BCUT2D eigenvalue weighted by atomic mass is 16.6. The Hall–Kier alpha value is -2.94. The van der Waals surface area contributed by atoms with Gasteiger partial charge in [-0.2, -0.15) is 0 Å². The van der Waals surface area contributed by atoms with E-state index in [1.165, 1.54) is 0 Å².